The zero-order valence-electron chi connectivity index (χ0n) is 14.5. The Kier molecular flexibility index (Phi) is 4.64. The fourth-order valence-corrected chi connectivity index (χ4v) is 3.09. The van der Waals surface area contributed by atoms with Crippen molar-refractivity contribution in [2.75, 3.05) is 0 Å². The second kappa shape index (κ2) is 6.54. The highest BCUT2D eigenvalue weighted by molar-refractivity contribution is 7.71. The van der Waals surface area contributed by atoms with E-state index in [1.54, 1.807) is 0 Å². The number of benzene rings is 1. The lowest BCUT2D eigenvalue weighted by Gasteiger charge is -2.14. The maximum absolute atomic E-state index is 14.6. The molecule has 0 spiro atoms. The minimum Gasteiger partial charge on any atom is -0.381 e. The lowest BCUT2D eigenvalue weighted by Crippen LogP contribution is -2.43. The number of carbonyl (C=O) groups is 1. The minimum absolute atomic E-state index is 0.00267. The zero-order chi connectivity index (χ0) is 20.1. The lowest BCUT2D eigenvalue weighted by molar-refractivity contribution is -0.125. The highest BCUT2D eigenvalue weighted by Crippen LogP contribution is 2.30. The molecule has 8 nitrogen and oxygen atoms in total. The van der Waals surface area contributed by atoms with Crippen molar-refractivity contribution in [1.29, 1.82) is 0 Å². The minimum atomic E-state index is -1.16. The molecule has 0 amide bonds. The molecule has 0 bridgehead atoms. The van der Waals surface area contributed by atoms with E-state index in [1.165, 1.54) is 27.1 Å². The third-order valence-electron chi connectivity index (χ3n) is 4.25. The first kappa shape index (κ1) is 19.2. The molecule has 0 aliphatic carbocycles. The number of rotatable bonds is 3. The van der Waals surface area contributed by atoms with Crippen molar-refractivity contribution in [3.8, 4) is 5.69 Å². The summed E-state index contributed by atoms with van der Waals surface area (Å²) in [6, 6.07) is 2.20. The molecular weight excluding hydrogens is 399 g/mol. The fourth-order valence-electron chi connectivity index (χ4n) is 2.67. The Morgan fingerprint density at radius 2 is 1.89 bits per heavy atom. The van der Waals surface area contributed by atoms with Crippen LogP contribution in [0, 0.1) is 10.6 Å². The SMILES string of the molecule is Cn1c(=S)n(C)c(=O)n(-c2cc(C3=NOC(C)(C=O)C3)c(Cl)cc2F)c1=O. The number of aromatic nitrogens is 3. The molecule has 0 radical (unpaired) electrons. The van der Waals surface area contributed by atoms with E-state index < -0.39 is 22.8 Å². The van der Waals surface area contributed by atoms with Gasteiger partial charge in [-0.05, 0) is 31.3 Å². The molecule has 1 atom stereocenters. The van der Waals surface area contributed by atoms with Gasteiger partial charge in [-0.2, -0.15) is 0 Å². The Labute approximate surface area is 162 Å². The van der Waals surface area contributed by atoms with Crippen molar-refractivity contribution in [2.24, 2.45) is 19.3 Å². The van der Waals surface area contributed by atoms with Crippen LogP contribution in [0.3, 0.4) is 0 Å². The van der Waals surface area contributed by atoms with Gasteiger partial charge in [-0.15, -0.1) is 0 Å². The molecule has 1 aromatic carbocycles. The van der Waals surface area contributed by atoms with E-state index >= 15 is 0 Å². The van der Waals surface area contributed by atoms with Crippen LogP contribution < -0.4 is 11.4 Å². The van der Waals surface area contributed by atoms with Crippen LogP contribution in [-0.2, 0) is 23.7 Å². The number of hydrogen-bond acceptors (Lipinski definition) is 6. The van der Waals surface area contributed by atoms with Crippen molar-refractivity contribution in [3.63, 3.8) is 0 Å². The van der Waals surface area contributed by atoms with Gasteiger partial charge < -0.3 is 4.84 Å². The summed E-state index contributed by atoms with van der Waals surface area (Å²) >= 11 is 11.1. The zero-order valence-corrected chi connectivity index (χ0v) is 16.1. The Hall–Kier alpha value is -2.59. The first-order chi connectivity index (χ1) is 12.6. The topological polar surface area (TPSA) is 87.6 Å². The van der Waals surface area contributed by atoms with Gasteiger partial charge in [-0.3, -0.25) is 13.9 Å². The van der Waals surface area contributed by atoms with Gasteiger partial charge in [-0.1, -0.05) is 16.8 Å². The third kappa shape index (κ3) is 3.04. The third-order valence-corrected chi connectivity index (χ3v) is 5.11. The first-order valence-electron chi connectivity index (χ1n) is 7.70. The monoisotopic (exact) mass is 412 g/mol. The highest BCUT2D eigenvalue weighted by atomic mass is 35.5. The molecule has 27 heavy (non-hydrogen) atoms. The van der Waals surface area contributed by atoms with Crippen LogP contribution in [0.4, 0.5) is 4.39 Å². The van der Waals surface area contributed by atoms with Gasteiger partial charge in [0.1, 0.15) is 5.82 Å². The molecule has 3 rings (SSSR count). The number of hydrogen-bond donors (Lipinski definition) is 0. The number of carbonyl (C=O) groups excluding carboxylic acids is 1. The molecule has 1 unspecified atom stereocenters. The predicted octanol–water partition coefficient (Wildman–Crippen LogP) is 1.48. The van der Waals surface area contributed by atoms with Gasteiger partial charge in [0.25, 0.3) is 0 Å². The maximum atomic E-state index is 14.6. The molecule has 2 aromatic rings. The molecule has 142 valence electrons. The van der Waals surface area contributed by atoms with E-state index in [2.05, 4.69) is 5.16 Å². The van der Waals surface area contributed by atoms with E-state index in [9.17, 15) is 18.8 Å². The van der Waals surface area contributed by atoms with E-state index in [4.69, 9.17) is 28.7 Å². The molecular formula is C16H14ClFN4O4S. The molecule has 1 aliphatic heterocycles. The summed E-state index contributed by atoms with van der Waals surface area (Å²) in [7, 11) is 2.75. The first-order valence-corrected chi connectivity index (χ1v) is 8.48. The second-order valence-electron chi connectivity index (χ2n) is 6.32. The summed E-state index contributed by atoms with van der Waals surface area (Å²) in [4.78, 5) is 41.3. The Morgan fingerprint density at radius 3 is 2.41 bits per heavy atom. The van der Waals surface area contributed by atoms with Crippen LogP contribution in [0.5, 0.6) is 0 Å². The molecule has 1 aromatic heterocycles. The van der Waals surface area contributed by atoms with Crippen molar-refractivity contribution < 1.29 is 14.0 Å². The number of nitrogens with zero attached hydrogens (tertiary/aromatic N) is 4. The molecule has 2 heterocycles. The molecule has 0 N–H and O–H groups in total. The highest BCUT2D eigenvalue weighted by Gasteiger charge is 2.35. The van der Waals surface area contributed by atoms with E-state index in [1.807, 2.05) is 0 Å². The van der Waals surface area contributed by atoms with Crippen molar-refractivity contribution in [2.45, 2.75) is 18.9 Å². The van der Waals surface area contributed by atoms with E-state index in [0.717, 1.165) is 15.2 Å². The van der Waals surface area contributed by atoms with Crippen LogP contribution in [0.1, 0.15) is 18.9 Å². The fraction of sp³-hybridized carbons (Fsp3) is 0.312. The molecule has 0 fully saturated rings. The van der Waals surface area contributed by atoms with Crippen LogP contribution in [0.25, 0.3) is 5.69 Å². The van der Waals surface area contributed by atoms with Crippen LogP contribution >= 0.6 is 23.8 Å². The average molecular weight is 413 g/mol. The van der Waals surface area contributed by atoms with Gasteiger partial charge in [0.05, 0.1) is 16.4 Å². The quantitative estimate of drug-likeness (QED) is 0.563. The van der Waals surface area contributed by atoms with Gasteiger partial charge >= 0.3 is 11.4 Å². The Balaban J connectivity index is 2.27. The van der Waals surface area contributed by atoms with Gasteiger partial charge in [0.2, 0.25) is 0 Å². The van der Waals surface area contributed by atoms with E-state index in [-0.39, 0.29) is 27.5 Å². The lowest BCUT2D eigenvalue weighted by atomic mass is 9.97. The largest absolute Gasteiger partial charge is 0.381 e. The van der Waals surface area contributed by atoms with Gasteiger partial charge in [0, 0.05) is 26.1 Å². The molecule has 0 saturated heterocycles. The van der Waals surface area contributed by atoms with Crippen LogP contribution in [0.2, 0.25) is 5.02 Å². The summed E-state index contributed by atoms with van der Waals surface area (Å²) in [5.41, 5.74) is -2.54. The Morgan fingerprint density at radius 1 is 1.30 bits per heavy atom. The molecule has 1 aliphatic rings. The van der Waals surface area contributed by atoms with Crippen molar-refractivity contribution in [1.82, 2.24) is 13.7 Å². The average Bonchev–Trinajstić information content (AvgIpc) is 3.03. The summed E-state index contributed by atoms with van der Waals surface area (Å²) in [5.74, 6) is -0.877. The smallest absolute Gasteiger partial charge is 0.338 e. The van der Waals surface area contributed by atoms with E-state index in [0.29, 0.717) is 16.6 Å². The van der Waals surface area contributed by atoms with Crippen molar-refractivity contribution >= 4 is 35.8 Å². The number of halogens is 2. The summed E-state index contributed by atoms with van der Waals surface area (Å²) in [6.07, 6.45) is 0.706. The molecule has 11 heteroatoms. The van der Waals surface area contributed by atoms with Crippen LogP contribution in [0.15, 0.2) is 26.9 Å². The standard InChI is InChI=1S/C16H14ClFN4O4S/c1-16(7-23)6-11(19-26-16)8-4-12(10(18)5-9(8)17)22-13(24)20(2)15(27)21(3)14(22)25/h4-5,7H,6H2,1-3H3. The summed E-state index contributed by atoms with van der Waals surface area (Å²) in [5, 5.41) is 3.84. The maximum Gasteiger partial charge on any atom is 0.338 e. The predicted molar refractivity (Wildman–Crippen MR) is 98.8 cm³/mol. The Bertz CT molecular complexity index is 1140. The van der Waals surface area contributed by atoms with Gasteiger partial charge in [0.15, 0.2) is 16.7 Å². The normalized spacial score (nSPS) is 18.9. The molecule has 0 saturated carbocycles. The second-order valence-corrected chi connectivity index (χ2v) is 7.09. The number of aldehydes is 1. The number of oxime groups is 1. The summed E-state index contributed by atoms with van der Waals surface area (Å²) in [6.45, 7) is 1.54. The van der Waals surface area contributed by atoms with Crippen LogP contribution in [-0.4, -0.2) is 31.3 Å². The van der Waals surface area contributed by atoms with Crippen molar-refractivity contribution in [3.05, 3.63) is 54.3 Å². The van der Waals surface area contributed by atoms with Gasteiger partial charge in [-0.25, -0.2) is 18.5 Å². The summed E-state index contributed by atoms with van der Waals surface area (Å²) < 4.78 is 17.3.